The van der Waals surface area contributed by atoms with Crippen LogP contribution in [0.5, 0.6) is 0 Å². The molecule has 0 radical (unpaired) electrons. The molecule has 0 heterocycles. The first-order chi connectivity index (χ1) is 25.8. The van der Waals surface area contributed by atoms with Gasteiger partial charge in [0.2, 0.25) is 0 Å². The molecule has 0 rings (SSSR count). The Hall–Kier alpha value is -0.0300. The fourth-order valence-corrected chi connectivity index (χ4v) is 7.18. The standard InChI is InChI=1S/C42H83O10P.Na/c1-3-5-7-9-11-13-15-17-19-21-23-25-27-29-31-33-41(45)51-39(35-43)37-49-53(47,48)50-38-40(36-44)52-42(46)34-32-30-28-26-24-22-20-18-16-14-12-10-8-6-4-2;/h39-40,43-44H,3-38H2,1-2H3,(H,47,48);/q;+1/p-1/t39-,40-;/m1./s1. The predicted octanol–water partition coefficient (Wildman–Crippen LogP) is 7.82. The van der Waals surface area contributed by atoms with Gasteiger partial charge < -0.3 is 33.6 Å². The molecule has 316 valence electrons. The second kappa shape index (κ2) is 42.6. The summed E-state index contributed by atoms with van der Waals surface area (Å²) in [5.41, 5.74) is 0. The first kappa shape index (κ1) is 56.1. The molecule has 0 aliphatic carbocycles. The van der Waals surface area contributed by atoms with Crippen LogP contribution in [0.15, 0.2) is 0 Å². The molecule has 10 nitrogen and oxygen atoms in total. The third-order valence-corrected chi connectivity index (χ3v) is 10.7. The molecule has 0 unspecified atom stereocenters. The van der Waals surface area contributed by atoms with Crippen molar-refractivity contribution in [1.82, 2.24) is 0 Å². The number of aliphatic hydroxyl groups excluding tert-OH is 2. The number of unbranched alkanes of at least 4 members (excludes halogenated alkanes) is 28. The molecule has 2 atom stereocenters. The van der Waals surface area contributed by atoms with Crippen LogP contribution in [0.2, 0.25) is 0 Å². The van der Waals surface area contributed by atoms with Gasteiger partial charge in [-0.1, -0.05) is 194 Å². The third kappa shape index (κ3) is 40.2. The van der Waals surface area contributed by atoms with Gasteiger partial charge in [-0.15, -0.1) is 0 Å². The molecule has 0 saturated heterocycles. The Balaban J connectivity index is 0. The van der Waals surface area contributed by atoms with E-state index < -0.39 is 58.4 Å². The van der Waals surface area contributed by atoms with Crippen molar-refractivity contribution in [1.29, 1.82) is 0 Å². The van der Waals surface area contributed by atoms with E-state index in [4.69, 9.17) is 18.5 Å². The van der Waals surface area contributed by atoms with Crippen molar-refractivity contribution in [2.24, 2.45) is 0 Å². The van der Waals surface area contributed by atoms with Crippen LogP contribution >= 0.6 is 7.82 Å². The number of rotatable bonds is 42. The van der Waals surface area contributed by atoms with Crippen LogP contribution in [0.3, 0.4) is 0 Å². The van der Waals surface area contributed by atoms with Crippen molar-refractivity contribution in [3.8, 4) is 0 Å². The molecular weight excluding hydrogens is 718 g/mol. The zero-order chi connectivity index (χ0) is 39.1. The molecule has 2 N–H and O–H groups in total. The number of hydrogen-bond acceptors (Lipinski definition) is 10. The largest absolute Gasteiger partial charge is 1.00 e. The van der Waals surface area contributed by atoms with Gasteiger partial charge >= 0.3 is 41.5 Å². The van der Waals surface area contributed by atoms with Crippen LogP contribution in [-0.2, 0) is 32.7 Å². The molecule has 0 aromatic carbocycles. The van der Waals surface area contributed by atoms with Gasteiger partial charge in [0.1, 0.15) is 12.2 Å². The van der Waals surface area contributed by atoms with E-state index in [2.05, 4.69) is 13.8 Å². The van der Waals surface area contributed by atoms with Crippen molar-refractivity contribution < 1.29 is 77.3 Å². The van der Waals surface area contributed by atoms with Crippen molar-refractivity contribution in [3.63, 3.8) is 0 Å². The third-order valence-electron chi connectivity index (χ3n) is 9.81. The van der Waals surface area contributed by atoms with Gasteiger partial charge in [0.25, 0.3) is 7.82 Å². The van der Waals surface area contributed by atoms with E-state index in [-0.39, 0.29) is 42.4 Å². The maximum atomic E-state index is 12.2. The maximum Gasteiger partial charge on any atom is 1.00 e. The Labute approximate surface area is 353 Å². The van der Waals surface area contributed by atoms with Gasteiger partial charge in [0.05, 0.1) is 26.4 Å². The normalized spacial score (nSPS) is 12.7. The molecule has 0 aliphatic heterocycles. The van der Waals surface area contributed by atoms with Crippen LogP contribution in [-0.4, -0.2) is 60.8 Å². The second-order valence-electron chi connectivity index (χ2n) is 15.0. The summed E-state index contributed by atoms with van der Waals surface area (Å²) < 4.78 is 32.2. The Bertz CT molecular complexity index is 801. The van der Waals surface area contributed by atoms with E-state index >= 15 is 0 Å². The second-order valence-corrected chi connectivity index (χ2v) is 16.4. The van der Waals surface area contributed by atoms with Crippen molar-refractivity contribution >= 4 is 19.8 Å². The summed E-state index contributed by atoms with van der Waals surface area (Å²) >= 11 is 0. The minimum Gasteiger partial charge on any atom is -0.756 e. The summed E-state index contributed by atoms with van der Waals surface area (Å²) in [6.45, 7) is 2.06. The minimum atomic E-state index is -4.88. The number of aliphatic hydroxyl groups is 2. The number of phosphoric acid groups is 1. The predicted molar refractivity (Wildman–Crippen MR) is 213 cm³/mol. The van der Waals surface area contributed by atoms with Crippen LogP contribution < -0.4 is 34.5 Å². The number of carbonyl (C=O) groups excluding carboxylic acids is 2. The first-order valence-corrected chi connectivity index (χ1v) is 23.4. The molecule has 0 aromatic heterocycles. The molecule has 0 amide bonds. The number of hydrogen-bond donors (Lipinski definition) is 2. The fraction of sp³-hybridized carbons (Fsp3) is 0.952. The number of carbonyl (C=O) groups is 2. The molecule has 0 saturated carbocycles. The molecule has 0 fully saturated rings. The van der Waals surface area contributed by atoms with Gasteiger partial charge in [-0.3, -0.25) is 14.2 Å². The average Bonchev–Trinajstić information content (AvgIpc) is 3.14. The van der Waals surface area contributed by atoms with E-state index in [9.17, 15) is 29.3 Å². The van der Waals surface area contributed by atoms with Gasteiger partial charge in [0.15, 0.2) is 0 Å². The topological polar surface area (TPSA) is 152 Å². The average molecular weight is 801 g/mol. The molecule has 0 aliphatic rings. The summed E-state index contributed by atoms with van der Waals surface area (Å²) in [5, 5.41) is 19.1. The summed E-state index contributed by atoms with van der Waals surface area (Å²) in [6, 6.07) is 0. The Kier molecular flexibility index (Phi) is 44.2. The fourth-order valence-electron chi connectivity index (χ4n) is 6.41. The first-order valence-electron chi connectivity index (χ1n) is 22.0. The maximum absolute atomic E-state index is 12.2. The Morgan fingerprint density at radius 3 is 0.907 bits per heavy atom. The van der Waals surface area contributed by atoms with E-state index in [0.717, 1.165) is 38.5 Å². The van der Waals surface area contributed by atoms with E-state index in [1.807, 2.05) is 0 Å². The molecule has 0 bridgehead atoms. The number of phosphoric ester groups is 1. The minimum absolute atomic E-state index is 0. The van der Waals surface area contributed by atoms with Crippen molar-refractivity contribution in [3.05, 3.63) is 0 Å². The van der Waals surface area contributed by atoms with E-state index in [1.165, 1.54) is 141 Å². The van der Waals surface area contributed by atoms with Gasteiger partial charge in [-0.25, -0.2) is 0 Å². The SMILES string of the molecule is CCCCCCCCCCCCCCCCCC(=O)O[C@H](CO)COP(=O)([O-])OC[C@@H](CO)OC(=O)CCCCCCCCCCCCCCCCC.[Na+]. The number of esters is 2. The number of ether oxygens (including phenoxy) is 2. The van der Waals surface area contributed by atoms with Crippen molar-refractivity contribution in [2.45, 2.75) is 232 Å². The molecule has 54 heavy (non-hydrogen) atoms. The van der Waals surface area contributed by atoms with Crippen LogP contribution in [0.1, 0.15) is 219 Å². The van der Waals surface area contributed by atoms with Gasteiger partial charge in [0, 0.05) is 12.8 Å². The molecule has 0 aromatic rings. The Morgan fingerprint density at radius 1 is 0.463 bits per heavy atom. The van der Waals surface area contributed by atoms with Crippen molar-refractivity contribution in [2.75, 3.05) is 26.4 Å². The zero-order valence-electron chi connectivity index (χ0n) is 35.2. The van der Waals surface area contributed by atoms with Crippen LogP contribution in [0.4, 0.5) is 0 Å². The Morgan fingerprint density at radius 2 is 0.685 bits per heavy atom. The van der Waals surface area contributed by atoms with Crippen LogP contribution in [0, 0.1) is 0 Å². The zero-order valence-corrected chi connectivity index (χ0v) is 38.1. The summed E-state index contributed by atoms with van der Waals surface area (Å²) in [7, 11) is -4.88. The quantitative estimate of drug-likeness (QED) is 0.0271. The summed E-state index contributed by atoms with van der Waals surface area (Å²) in [6.07, 6.45) is 34.7. The monoisotopic (exact) mass is 801 g/mol. The van der Waals surface area contributed by atoms with Gasteiger partial charge in [-0.2, -0.15) is 0 Å². The smallest absolute Gasteiger partial charge is 0.756 e. The summed E-state index contributed by atoms with van der Waals surface area (Å²) in [4.78, 5) is 36.7. The van der Waals surface area contributed by atoms with E-state index in [1.54, 1.807) is 0 Å². The molecule has 12 heteroatoms. The molecular formula is C42H82NaO10P. The summed E-state index contributed by atoms with van der Waals surface area (Å²) in [5.74, 6) is -1.05. The molecule has 0 spiro atoms. The van der Waals surface area contributed by atoms with E-state index in [0.29, 0.717) is 12.8 Å². The van der Waals surface area contributed by atoms with Crippen LogP contribution in [0.25, 0.3) is 0 Å². The van der Waals surface area contributed by atoms with Gasteiger partial charge in [-0.05, 0) is 12.8 Å².